The van der Waals surface area contributed by atoms with Crippen LogP contribution in [0.2, 0.25) is 0 Å². The maximum atomic E-state index is 13.4. The molecule has 1 aromatic rings. The van der Waals surface area contributed by atoms with Gasteiger partial charge in [0.05, 0.1) is 6.61 Å². The Labute approximate surface area is 104 Å². The van der Waals surface area contributed by atoms with E-state index in [1.54, 1.807) is 19.2 Å². The van der Waals surface area contributed by atoms with Crippen molar-refractivity contribution in [3.8, 4) is 0 Å². The third kappa shape index (κ3) is 4.20. The predicted molar refractivity (Wildman–Crippen MR) is 64.6 cm³/mol. The highest BCUT2D eigenvalue weighted by atomic mass is 79.9. The Morgan fingerprint density at radius 2 is 2.19 bits per heavy atom. The van der Waals surface area contributed by atoms with E-state index in [2.05, 4.69) is 22.9 Å². The fourth-order valence-corrected chi connectivity index (χ4v) is 1.66. The first-order valence-corrected chi connectivity index (χ1v) is 6.05. The fraction of sp³-hybridized carbons (Fsp3) is 0.500. The zero-order valence-corrected chi connectivity index (χ0v) is 11.1. The zero-order valence-electron chi connectivity index (χ0n) is 9.50. The lowest BCUT2D eigenvalue weighted by Gasteiger charge is -2.15. The summed E-state index contributed by atoms with van der Waals surface area (Å²) >= 11 is 3.21. The fourth-order valence-electron chi connectivity index (χ4n) is 1.33. The van der Waals surface area contributed by atoms with E-state index < -0.39 is 0 Å². The van der Waals surface area contributed by atoms with E-state index in [-0.39, 0.29) is 18.7 Å². The molecule has 1 rings (SSSR count). The van der Waals surface area contributed by atoms with Crippen LogP contribution < -0.4 is 0 Å². The summed E-state index contributed by atoms with van der Waals surface area (Å²) in [5, 5.41) is 0. The largest absolute Gasteiger partial charge is 0.356 e. The van der Waals surface area contributed by atoms with Crippen LogP contribution in [0.25, 0.3) is 0 Å². The molecule has 0 bridgehead atoms. The highest BCUT2D eigenvalue weighted by Gasteiger charge is 2.08. The summed E-state index contributed by atoms with van der Waals surface area (Å²) in [5.41, 5.74) is 0.543. The van der Waals surface area contributed by atoms with Gasteiger partial charge in [0.25, 0.3) is 0 Å². The molecule has 16 heavy (non-hydrogen) atoms. The second kappa shape index (κ2) is 6.99. The average Bonchev–Trinajstić information content (AvgIpc) is 2.26. The number of methoxy groups -OCH3 is 1. The van der Waals surface area contributed by atoms with E-state index in [1.165, 1.54) is 6.07 Å². The van der Waals surface area contributed by atoms with Gasteiger partial charge in [-0.25, -0.2) is 4.39 Å². The number of hydrogen-bond donors (Lipinski definition) is 0. The Hall–Kier alpha value is -0.450. The van der Waals surface area contributed by atoms with Crippen LogP contribution in [0.3, 0.4) is 0 Å². The number of benzene rings is 1. The van der Waals surface area contributed by atoms with E-state index in [0.717, 1.165) is 17.3 Å². The maximum Gasteiger partial charge on any atom is 0.157 e. The molecule has 0 spiro atoms. The lowest BCUT2D eigenvalue weighted by Crippen LogP contribution is -2.15. The van der Waals surface area contributed by atoms with Gasteiger partial charge < -0.3 is 9.47 Å². The molecule has 4 heteroatoms. The van der Waals surface area contributed by atoms with E-state index >= 15 is 0 Å². The Morgan fingerprint density at radius 1 is 1.44 bits per heavy atom. The Morgan fingerprint density at radius 3 is 2.75 bits per heavy atom. The van der Waals surface area contributed by atoms with Crippen LogP contribution in [-0.2, 0) is 16.1 Å². The molecule has 90 valence electrons. The molecule has 1 aromatic carbocycles. The molecule has 0 saturated heterocycles. The summed E-state index contributed by atoms with van der Waals surface area (Å²) < 4.78 is 24.8. The highest BCUT2D eigenvalue weighted by molar-refractivity contribution is 9.10. The van der Waals surface area contributed by atoms with Gasteiger partial charge in [0.2, 0.25) is 0 Å². The van der Waals surface area contributed by atoms with Crippen LogP contribution in [0.15, 0.2) is 22.7 Å². The number of rotatable bonds is 6. The van der Waals surface area contributed by atoms with E-state index in [0.29, 0.717) is 5.56 Å². The minimum absolute atomic E-state index is 0.234. The van der Waals surface area contributed by atoms with Gasteiger partial charge in [-0.05, 0) is 18.6 Å². The van der Waals surface area contributed by atoms with Gasteiger partial charge in [-0.15, -0.1) is 0 Å². The summed E-state index contributed by atoms with van der Waals surface area (Å²) in [4.78, 5) is 0. The molecule has 1 atom stereocenters. The molecule has 1 unspecified atom stereocenters. The second-order valence-electron chi connectivity index (χ2n) is 3.50. The van der Waals surface area contributed by atoms with Crippen LogP contribution >= 0.6 is 15.9 Å². The molecule has 0 saturated carbocycles. The van der Waals surface area contributed by atoms with E-state index in [9.17, 15) is 4.39 Å². The summed E-state index contributed by atoms with van der Waals surface area (Å²) in [7, 11) is 1.60. The van der Waals surface area contributed by atoms with Crippen molar-refractivity contribution in [2.24, 2.45) is 0 Å². The van der Waals surface area contributed by atoms with Crippen LogP contribution in [0.1, 0.15) is 25.3 Å². The van der Waals surface area contributed by atoms with Gasteiger partial charge in [-0.1, -0.05) is 35.3 Å². The molecular formula is C12H16BrFO2. The van der Waals surface area contributed by atoms with E-state index in [1.807, 2.05) is 0 Å². The van der Waals surface area contributed by atoms with Gasteiger partial charge in [-0.2, -0.15) is 0 Å². The Bertz CT molecular complexity index is 331. The Balaban J connectivity index is 2.53. The summed E-state index contributed by atoms with van der Waals surface area (Å²) in [6.45, 7) is 2.28. The molecular weight excluding hydrogens is 275 g/mol. The minimum atomic E-state index is -0.263. The van der Waals surface area contributed by atoms with Crippen molar-refractivity contribution in [2.45, 2.75) is 32.7 Å². The van der Waals surface area contributed by atoms with Gasteiger partial charge in [-0.3, -0.25) is 0 Å². The lowest BCUT2D eigenvalue weighted by atomic mass is 10.2. The first-order valence-electron chi connectivity index (χ1n) is 5.25. The lowest BCUT2D eigenvalue weighted by molar-refractivity contribution is -0.135. The van der Waals surface area contributed by atoms with Crippen molar-refractivity contribution in [3.63, 3.8) is 0 Å². The quantitative estimate of drug-likeness (QED) is 0.741. The van der Waals surface area contributed by atoms with Crippen LogP contribution in [0.4, 0.5) is 4.39 Å². The molecule has 0 radical (unpaired) electrons. The van der Waals surface area contributed by atoms with Crippen molar-refractivity contribution < 1.29 is 13.9 Å². The van der Waals surface area contributed by atoms with Crippen LogP contribution in [-0.4, -0.2) is 13.4 Å². The third-order valence-corrected chi connectivity index (χ3v) is 2.72. The smallest absolute Gasteiger partial charge is 0.157 e. The van der Waals surface area contributed by atoms with E-state index in [4.69, 9.17) is 9.47 Å². The monoisotopic (exact) mass is 290 g/mol. The molecule has 0 amide bonds. The normalized spacial score (nSPS) is 12.8. The molecule has 0 aliphatic heterocycles. The molecule has 2 nitrogen and oxygen atoms in total. The molecule has 0 aliphatic carbocycles. The molecule has 0 heterocycles. The van der Waals surface area contributed by atoms with Crippen LogP contribution in [0.5, 0.6) is 0 Å². The minimum Gasteiger partial charge on any atom is -0.356 e. The number of halogens is 2. The number of ether oxygens (including phenoxy) is 2. The SMILES string of the molecule is CCCC(OC)OCc1ccc(Br)cc1F. The molecule has 0 aliphatic rings. The molecule has 0 N–H and O–H groups in total. The second-order valence-corrected chi connectivity index (χ2v) is 4.42. The van der Waals surface area contributed by atoms with Crippen molar-refractivity contribution in [1.29, 1.82) is 0 Å². The van der Waals surface area contributed by atoms with Crippen molar-refractivity contribution in [1.82, 2.24) is 0 Å². The zero-order chi connectivity index (χ0) is 12.0. The van der Waals surface area contributed by atoms with Gasteiger partial charge in [0, 0.05) is 17.1 Å². The van der Waals surface area contributed by atoms with Crippen molar-refractivity contribution >= 4 is 15.9 Å². The summed E-state index contributed by atoms with van der Waals surface area (Å²) in [6.07, 6.45) is 1.53. The average molecular weight is 291 g/mol. The predicted octanol–water partition coefficient (Wildman–Crippen LogP) is 3.88. The molecule has 0 aromatic heterocycles. The highest BCUT2D eigenvalue weighted by Crippen LogP contribution is 2.17. The van der Waals surface area contributed by atoms with Gasteiger partial charge >= 0.3 is 0 Å². The first kappa shape index (κ1) is 13.6. The standard InChI is InChI=1S/C12H16BrFO2/c1-3-4-12(15-2)16-8-9-5-6-10(13)7-11(9)14/h5-7,12H,3-4,8H2,1-2H3. The van der Waals surface area contributed by atoms with Crippen molar-refractivity contribution in [2.75, 3.05) is 7.11 Å². The topological polar surface area (TPSA) is 18.5 Å². The summed E-state index contributed by atoms with van der Waals surface area (Å²) in [5.74, 6) is -0.263. The van der Waals surface area contributed by atoms with Gasteiger partial charge in [0.1, 0.15) is 5.82 Å². The first-order chi connectivity index (χ1) is 7.67. The van der Waals surface area contributed by atoms with Crippen LogP contribution in [0, 0.1) is 5.82 Å². The third-order valence-electron chi connectivity index (χ3n) is 2.23. The number of hydrogen-bond acceptors (Lipinski definition) is 2. The summed E-state index contributed by atoms with van der Waals surface area (Å²) in [6, 6.07) is 4.93. The Kier molecular flexibility index (Phi) is 5.95. The molecule has 0 fully saturated rings. The van der Waals surface area contributed by atoms with Crippen molar-refractivity contribution in [3.05, 3.63) is 34.1 Å². The maximum absolute atomic E-state index is 13.4. The van der Waals surface area contributed by atoms with Gasteiger partial charge in [0.15, 0.2) is 6.29 Å².